The molecule has 0 saturated carbocycles. The largest absolute Gasteiger partial charge is 0.400 e. The fourth-order valence-corrected chi connectivity index (χ4v) is 1.78. The summed E-state index contributed by atoms with van der Waals surface area (Å²) >= 11 is 0. The predicted octanol–water partition coefficient (Wildman–Crippen LogP) is 1.70. The summed E-state index contributed by atoms with van der Waals surface area (Å²) in [6.07, 6.45) is 2.60. The lowest BCUT2D eigenvalue weighted by molar-refractivity contribution is -0.127. The summed E-state index contributed by atoms with van der Waals surface area (Å²) in [5.74, 6) is -0.533. The fourth-order valence-electron chi connectivity index (χ4n) is 1.78. The molecule has 1 aliphatic heterocycles. The zero-order valence-corrected chi connectivity index (χ0v) is 8.65. The number of benzene rings is 1. The van der Waals surface area contributed by atoms with Crippen molar-refractivity contribution >= 4 is 17.5 Å². The van der Waals surface area contributed by atoms with E-state index in [1.807, 2.05) is 32.0 Å². The molecule has 3 heteroatoms. The van der Waals surface area contributed by atoms with E-state index in [0.29, 0.717) is 5.69 Å². The zero-order chi connectivity index (χ0) is 11.0. The van der Waals surface area contributed by atoms with Crippen LogP contribution in [0.3, 0.4) is 0 Å². The van der Waals surface area contributed by atoms with Gasteiger partial charge in [-0.05, 0) is 13.8 Å². The van der Waals surface area contributed by atoms with Crippen LogP contribution in [-0.4, -0.2) is 11.8 Å². The van der Waals surface area contributed by atoms with Gasteiger partial charge in [0.05, 0.1) is 12.2 Å². The minimum atomic E-state index is -0.266. The number of carbonyl (C=O) groups excluding carboxylic acids is 2. The molecule has 3 nitrogen and oxygen atoms in total. The van der Waals surface area contributed by atoms with Crippen LogP contribution < -0.4 is 4.90 Å². The summed E-state index contributed by atoms with van der Waals surface area (Å²) in [5.41, 5.74) is 2.57. The van der Waals surface area contributed by atoms with Crippen LogP contribution in [0.15, 0.2) is 30.4 Å². The highest BCUT2D eigenvalue weighted by Crippen LogP contribution is 2.26. The van der Waals surface area contributed by atoms with Crippen LogP contribution in [0.5, 0.6) is 0 Å². The van der Waals surface area contributed by atoms with Crippen LogP contribution in [0.25, 0.3) is 0 Å². The number of nitrogens with zero attached hydrogens (tertiary/aromatic N) is 1. The van der Waals surface area contributed by atoms with Crippen LogP contribution in [0, 0.1) is 13.8 Å². The normalized spacial score (nSPS) is 16.4. The fraction of sp³-hybridized carbons (Fsp3) is 0.167. The first-order valence-electron chi connectivity index (χ1n) is 4.73. The number of aryl methyl sites for hydroxylation is 2. The van der Waals surface area contributed by atoms with Crippen molar-refractivity contribution in [2.45, 2.75) is 13.8 Å². The van der Waals surface area contributed by atoms with Gasteiger partial charge >= 0.3 is 11.8 Å². The molecule has 2 rings (SSSR count). The molecular formula is C12H11NO2+. The van der Waals surface area contributed by atoms with Gasteiger partial charge in [0.25, 0.3) is 0 Å². The molecule has 0 fully saturated rings. The van der Waals surface area contributed by atoms with Crippen LogP contribution in [-0.2, 0) is 9.59 Å². The Morgan fingerprint density at radius 3 is 1.87 bits per heavy atom. The Hall–Kier alpha value is -1.74. The van der Waals surface area contributed by atoms with Crippen molar-refractivity contribution in [3.05, 3.63) is 41.5 Å². The quantitative estimate of drug-likeness (QED) is 0.512. The molecule has 0 spiro atoms. The van der Waals surface area contributed by atoms with Gasteiger partial charge in [0, 0.05) is 16.0 Å². The van der Waals surface area contributed by atoms with E-state index in [9.17, 15) is 9.59 Å². The van der Waals surface area contributed by atoms with Gasteiger partial charge in [-0.25, -0.2) is 9.59 Å². The van der Waals surface area contributed by atoms with Crippen LogP contribution in [0.4, 0.5) is 5.69 Å². The average molecular weight is 201 g/mol. The molecule has 0 saturated heterocycles. The summed E-state index contributed by atoms with van der Waals surface area (Å²) < 4.78 is 0. The molecule has 1 radical (unpaired) electrons. The van der Waals surface area contributed by atoms with Crippen molar-refractivity contribution in [1.29, 1.82) is 0 Å². The van der Waals surface area contributed by atoms with Gasteiger partial charge in [-0.15, -0.1) is 0 Å². The molecular weight excluding hydrogens is 190 g/mol. The van der Waals surface area contributed by atoms with Crippen LogP contribution in [0.1, 0.15) is 11.1 Å². The zero-order valence-electron chi connectivity index (χ0n) is 8.65. The maximum absolute atomic E-state index is 11.5. The maximum atomic E-state index is 11.5. The van der Waals surface area contributed by atoms with E-state index in [1.54, 1.807) is 0 Å². The highest BCUT2D eigenvalue weighted by atomic mass is 16.2. The van der Waals surface area contributed by atoms with E-state index in [-0.39, 0.29) is 11.8 Å². The summed E-state index contributed by atoms with van der Waals surface area (Å²) in [6.45, 7) is 3.78. The smallest absolute Gasteiger partial charge is 0.219 e. The first-order chi connectivity index (χ1) is 7.11. The average Bonchev–Trinajstić information content (AvgIpc) is 2.49. The van der Waals surface area contributed by atoms with Gasteiger partial charge in [-0.1, -0.05) is 18.2 Å². The molecule has 1 heterocycles. The first kappa shape index (κ1) is 9.80. The molecule has 0 bridgehead atoms. The topological polar surface area (TPSA) is 40.0 Å². The van der Waals surface area contributed by atoms with Gasteiger partial charge in [0.15, 0.2) is 0 Å². The molecule has 0 atom stereocenters. The number of amides is 2. The number of imide groups is 1. The third kappa shape index (κ3) is 1.51. The highest BCUT2D eigenvalue weighted by Gasteiger charge is 2.41. The Kier molecular flexibility index (Phi) is 2.25. The summed E-state index contributed by atoms with van der Waals surface area (Å²) in [6, 6.07) is 5.69. The lowest BCUT2D eigenvalue weighted by atomic mass is 10.1. The molecule has 75 valence electrons. The lowest BCUT2D eigenvalue weighted by Gasteiger charge is -2.05. The minimum Gasteiger partial charge on any atom is -0.219 e. The summed E-state index contributed by atoms with van der Waals surface area (Å²) in [5, 5.41) is 0. The van der Waals surface area contributed by atoms with Crippen LogP contribution >= 0.6 is 0 Å². The van der Waals surface area contributed by atoms with Gasteiger partial charge in [-0.3, -0.25) is 0 Å². The third-order valence-electron chi connectivity index (χ3n) is 2.47. The van der Waals surface area contributed by atoms with Gasteiger partial charge in [0.2, 0.25) is 5.69 Å². The van der Waals surface area contributed by atoms with Crippen molar-refractivity contribution < 1.29 is 9.59 Å². The minimum absolute atomic E-state index is 0.266. The number of hydrogen-bond acceptors (Lipinski definition) is 2. The van der Waals surface area contributed by atoms with Crippen LogP contribution in [0.2, 0.25) is 0 Å². The number of carbonyl (C=O) groups is 2. The van der Waals surface area contributed by atoms with E-state index >= 15 is 0 Å². The number of para-hydroxylation sites is 1. The van der Waals surface area contributed by atoms with E-state index in [2.05, 4.69) is 0 Å². The van der Waals surface area contributed by atoms with Crippen molar-refractivity contribution in [3.63, 3.8) is 0 Å². The maximum Gasteiger partial charge on any atom is 0.400 e. The van der Waals surface area contributed by atoms with E-state index in [0.717, 1.165) is 11.1 Å². The SMILES string of the molecule is Cc1cccc(C)c1[N+]1C(=O)C=CC1=O. The molecule has 1 aromatic rings. The van der Waals surface area contributed by atoms with Crippen molar-refractivity contribution in [2.24, 2.45) is 0 Å². The molecule has 2 amide bonds. The van der Waals surface area contributed by atoms with E-state index in [4.69, 9.17) is 0 Å². The Morgan fingerprint density at radius 2 is 1.40 bits per heavy atom. The molecule has 15 heavy (non-hydrogen) atoms. The molecule has 0 unspecified atom stereocenters. The number of anilines is 1. The Morgan fingerprint density at radius 1 is 0.933 bits per heavy atom. The summed E-state index contributed by atoms with van der Waals surface area (Å²) in [4.78, 5) is 24.2. The van der Waals surface area contributed by atoms with Gasteiger partial charge in [0.1, 0.15) is 0 Å². The standard InChI is InChI=1S/C12H11NO2/c1-8-4-3-5-9(2)12(8)13-10(14)6-7-11(13)15/h3-7H,1-2H3/q+1. The summed E-state index contributed by atoms with van der Waals surface area (Å²) in [7, 11) is 0. The first-order valence-corrected chi connectivity index (χ1v) is 4.73. The second-order valence-corrected chi connectivity index (χ2v) is 3.59. The molecule has 0 aliphatic carbocycles. The second-order valence-electron chi connectivity index (χ2n) is 3.59. The number of rotatable bonds is 1. The third-order valence-corrected chi connectivity index (χ3v) is 2.47. The van der Waals surface area contributed by atoms with Gasteiger partial charge < -0.3 is 0 Å². The monoisotopic (exact) mass is 201 g/mol. The molecule has 1 aliphatic rings. The predicted molar refractivity (Wildman–Crippen MR) is 56.9 cm³/mol. The van der Waals surface area contributed by atoms with Crippen molar-refractivity contribution in [2.75, 3.05) is 0 Å². The molecule has 1 aromatic carbocycles. The molecule has 0 aromatic heterocycles. The van der Waals surface area contributed by atoms with Gasteiger partial charge in [-0.2, -0.15) is 0 Å². The number of hydrogen-bond donors (Lipinski definition) is 0. The van der Waals surface area contributed by atoms with Crippen molar-refractivity contribution in [1.82, 2.24) is 4.90 Å². The lowest BCUT2D eigenvalue weighted by Crippen LogP contribution is -2.32. The van der Waals surface area contributed by atoms with Crippen molar-refractivity contribution in [3.8, 4) is 0 Å². The Bertz CT molecular complexity index is 436. The van der Waals surface area contributed by atoms with E-state index in [1.165, 1.54) is 17.1 Å². The van der Waals surface area contributed by atoms with E-state index < -0.39 is 0 Å². The Labute approximate surface area is 88.0 Å². The Balaban J connectivity index is 2.55. The second kappa shape index (κ2) is 3.44. The molecule has 0 N–H and O–H groups in total. The highest BCUT2D eigenvalue weighted by molar-refractivity contribution is 6.19.